The Balaban J connectivity index is 1.60. The second-order valence-electron chi connectivity index (χ2n) is 5.56. The first-order valence-electron chi connectivity index (χ1n) is 7.48. The van der Waals surface area contributed by atoms with E-state index < -0.39 is 16.8 Å². The smallest absolute Gasteiger partial charge is 0.164 e. The van der Waals surface area contributed by atoms with Crippen LogP contribution in [0, 0.1) is 0 Å². The van der Waals surface area contributed by atoms with Gasteiger partial charge in [0.15, 0.2) is 10.6 Å². The summed E-state index contributed by atoms with van der Waals surface area (Å²) in [6, 6.07) is 7.16. The first-order chi connectivity index (χ1) is 11.1. The van der Waals surface area contributed by atoms with Crippen molar-refractivity contribution in [3.8, 4) is 5.75 Å². The molecule has 1 aromatic carbocycles. The predicted molar refractivity (Wildman–Crippen MR) is 90.1 cm³/mol. The highest BCUT2D eigenvalue weighted by Gasteiger charge is 2.36. The van der Waals surface area contributed by atoms with Crippen LogP contribution in [0.4, 0.5) is 4.39 Å². The summed E-state index contributed by atoms with van der Waals surface area (Å²) in [5.74, 6) is 0.700. The van der Waals surface area contributed by atoms with Crippen molar-refractivity contribution in [3.63, 3.8) is 0 Å². The third kappa shape index (κ3) is 4.03. The summed E-state index contributed by atoms with van der Waals surface area (Å²) < 4.78 is 31.9. The van der Waals surface area contributed by atoms with Gasteiger partial charge >= 0.3 is 0 Å². The molecule has 0 amide bonds. The van der Waals surface area contributed by atoms with Crippen molar-refractivity contribution in [1.82, 2.24) is 10.3 Å². The summed E-state index contributed by atoms with van der Waals surface area (Å²) in [4.78, 5) is 5.92. The predicted octanol–water partition coefficient (Wildman–Crippen LogP) is 3.01. The van der Waals surface area contributed by atoms with E-state index in [1.165, 1.54) is 11.3 Å². The molecule has 7 heteroatoms. The van der Waals surface area contributed by atoms with Gasteiger partial charge in [-0.2, -0.15) is 0 Å². The largest absolute Gasteiger partial charge is 0.612 e. The number of ether oxygens (including phenoxy) is 1. The molecule has 1 aliphatic heterocycles. The molecule has 1 fully saturated rings. The quantitative estimate of drug-likeness (QED) is 0.839. The van der Waals surface area contributed by atoms with Crippen LogP contribution in [0.25, 0.3) is 0 Å². The van der Waals surface area contributed by atoms with Crippen LogP contribution in [-0.2, 0) is 23.5 Å². The van der Waals surface area contributed by atoms with E-state index in [2.05, 4.69) is 10.3 Å². The van der Waals surface area contributed by atoms with E-state index in [4.69, 9.17) is 4.74 Å². The summed E-state index contributed by atoms with van der Waals surface area (Å²) in [5.41, 5.74) is -1.30. The molecule has 1 aromatic heterocycles. The van der Waals surface area contributed by atoms with Crippen molar-refractivity contribution in [2.75, 3.05) is 19.3 Å². The second-order valence-corrected chi connectivity index (χ2v) is 8.06. The van der Waals surface area contributed by atoms with Crippen LogP contribution in [0.2, 0.25) is 0 Å². The molecule has 0 aliphatic carbocycles. The molecular weight excluding hydrogens is 335 g/mol. The van der Waals surface area contributed by atoms with Gasteiger partial charge in [0, 0.05) is 19.0 Å². The molecule has 0 saturated carbocycles. The molecule has 0 radical (unpaired) electrons. The van der Waals surface area contributed by atoms with E-state index in [1.807, 2.05) is 0 Å². The minimum Gasteiger partial charge on any atom is -0.612 e. The molecule has 1 N–H and O–H groups in total. The maximum absolute atomic E-state index is 14.8. The fourth-order valence-corrected chi connectivity index (χ4v) is 3.98. The van der Waals surface area contributed by atoms with Crippen molar-refractivity contribution in [1.29, 1.82) is 0 Å². The Kier molecular flexibility index (Phi) is 5.21. The van der Waals surface area contributed by atoms with E-state index in [1.54, 1.807) is 36.7 Å². The zero-order valence-electron chi connectivity index (χ0n) is 12.9. The molecule has 1 atom stereocenters. The standard InChI is InChI=1S/C16H19FN2O2S2/c1-23(20)14-4-2-12(3-5-14)21-11-13-10-19-15(22-13)16(17)6-8-18-9-7-16/h2-5,10,18H,6-9,11H2,1H3. The molecule has 124 valence electrons. The molecule has 1 unspecified atom stereocenters. The minimum atomic E-state index is -1.30. The first-order valence-corrected chi connectivity index (χ1v) is 9.85. The average molecular weight is 354 g/mol. The minimum absolute atomic E-state index is 0.362. The zero-order valence-corrected chi connectivity index (χ0v) is 14.5. The van der Waals surface area contributed by atoms with Gasteiger partial charge in [-0.15, -0.1) is 11.3 Å². The topological polar surface area (TPSA) is 57.2 Å². The van der Waals surface area contributed by atoms with Gasteiger partial charge in [0.1, 0.15) is 23.6 Å². The summed E-state index contributed by atoms with van der Waals surface area (Å²) in [5, 5.41) is 3.72. The number of hydrogen-bond acceptors (Lipinski definition) is 5. The van der Waals surface area contributed by atoms with Crippen LogP contribution in [0.5, 0.6) is 5.75 Å². The Labute approximate surface area is 142 Å². The Hall–Kier alpha value is -1.15. The van der Waals surface area contributed by atoms with Gasteiger partial charge in [0.05, 0.1) is 4.88 Å². The third-order valence-electron chi connectivity index (χ3n) is 3.87. The van der Waals surface area contributed by atoms with Gasteiger partial charge < -0.3 is 14.6 Å². The summed E-state index contributed by atoms with van der Waals surface area (Å²) in [7, 11) is 0. The lowest BCUT2D eigenvalue weighted by molar-refractivity contribution is 0.115. The first kappa shape index (κ1) is 16.7. The van der Waals surface area contributed by atoms with E-state index in [-0.39, 0.29) is 0 Å². The number of nitrogens with zero attached hydrogens (tertiary/aromatic N) is 1. The van der Waals surface area contributed by atoms with Crippen molar-refractivity contribution < 1.29 is 13.7 Å². The van der Waals surface area contributed by atoms with E-state index >= 15 is 0 Å². The molecule has 23 heavy (non-hydrogen) atoms. The summed E-state index contributed by atoms with van der Waals surface area (Å²) >= 11 is 0.386. The number of rotatable bonds is 5. The van der Waals surface area contributed by atoms with Crippen molar-refractivity contribution in [2.45, 2.75) is 30.0 Å². The van der Waals surface area contributed by atoms with Crippen LogP contribution in [-0.4, -0.2) is 28.9 Å². The fraction of sp³-hybridized carbons (Fsp3) is 0.438. The molecule has 0 bridgehead atoms. The Bertz CT molecular complexity index is 640. The van der Waals surface area contributed by atoms with Crippen LogP contribution in [0.3, 0.4) is 0 Å². The van der Waals surface area contributed by atoms with Gasteiger partial charge in [-0.1, -0.05) is 0 Å². The number of alkyl halides is 1. The van der Waals surface area contributed by atoms with E-state index in [0.29, 0.717) is 43.3 Å². The molecule has 1 aliphatic rings. The zero-order chi connectivity index (χ0) is 16.3. The number of halogens is 1. The molecule has 3 rings (SSSR count). The highest BCUT2D eigenvalue weighted by Crippen LogP contribution is 2.37. The van der Waals surface area contributed by atoms with Gasteiger partial charge in [0.25, 0.3) is 0 Å². The van der Waals surface area contributed by atoms with Crippen LogP contribution < -0.4 is 10.1 Å². The lowest BCUT2D eigenvalue weighted by Crippen LogP contribution is -2.36. The van der Waals surface area contributed by atoms with Crippen molar-refractivity contribution in [3.05, 3.63) is 40.3 Å². The summed E-state index contributed by atoms with van der Waals surface area (Å²) in [6.45, 7) is 1.74. The SMILES string of the molecule is C[S+]([O-])c1ccc(OCc2cnc(C3(F)CCNCC3)s2)cc1. The normalized spacial score (nSPS) is 18.6. The monoisotopic (exact) mass is 354 g/mol. The fourth-order valence-electron chi connectivity index (χ4n) is 2.50. The molecule has 2 heterocycles. The van der Waals surface area contributed by atoms with Crippen molar-refractivity contribution >= 4 is 22.5 Å². The number of hydrogen-bond donors (Lipinski definition) is 1. The molecule has 0 spiro atoms. The molecular formula is C16H19FN2O2S2. The van der Waals surface area contributed by atoms with E-state index in [9.17, 15) is 8.94 Å². The highest BCUT2D eigenvalue weighted by molar-refractivity contribution is 7.90. The summed E-state index contributed by atoms with van der Waals surface area (Å²) in [6.07, 6.45) is 4.27. The van der Waals surface area contributed by atoms with Crippen LogP contribution in [0.15, 0.2) is 35.4 Å². The van der Waals surface area contributed by atoms with Gasteiger partial charge in [-0.05, 0) is 48.5 Å². The Morgan fingerprint density at radius 3 is 2.70 bits per heavy atom. The second kappa shape index (κ2) is 7.17. The van der Waals surface area contributed by atoms with Crippen molar-refractivity contribution in [2.24, 2.45) is 0 Å². The molecule has 1 saturated heterocycles. The highest BCUT2D eigenvalue weighted by atomic mass is 32.2. The maximum atomic E-state index is 14.8. The molecule has 2 aromatic rings. The van der Waals surface area contributed by atoms with Gasteiger partial charge in [-0.25, -0.2) is 9.37 Å². The van der Waals surface area contributed by atoms with Gasteiger partial charge in [-0.3, -0.25) is 0 Å². The lowest BCUT2D eigenvalue weighted by Gasteiger charge is -2.27. The van der Waals surface area contributed by atoms with Gasteiger partial charge in [0.2, 0.25) is 0 Å². The number of piperidine rings is 1. The number of thiazole rings is 1. The third-order valence-corrected chi connectivity index (χ3v) is 5.96. The number of aromatic nitrogens is 1. The molecule has 4 nitrogen and oxygen atoms in total. The van der Waals surface area contributed by atoms with Crippen LogP contribution in [0.1, 0.15) is 22.7 Å². The lowest BCUT2D eigenvalue weighted by atomic mass is 9.95. The van der Waals surface area contributed by atoms with E-state index in [0.717, 1.165) is 9.77 Å². The Morgan fingerprint density at radius 1 is 1.35 bits per heavy atom. The number of nitrogens with one attached hydrogen (secondary N) is 1. The van der Waals surface area contributed by atoms with Crippen LogP contribution >= 0.6 is 11.3 Å². The Morgan fingerprint density at radius 2 is 2.04 bits per heavy atom. The number of benzene rings is 1. The maximum Gasteiger partial charge on any atom is 0.164 e. The average Bonchev–Trinajstić information content (AvgIpc) is 3.04.